The van der Waals surface area contributed by atoms with Gasteiger partial charge in [0.25, 0.3) is 0 Å². The monoisotopic (exact) mass is 467 g/mol. The fourth-order valence-corrected chi connectivity index (χ4v) is 9.58. The molecule has 4 unspecified atom stereocenters. The van der Waals surface area contributed by atoms with E-state index in [1.54, 1.807) is 0 Å². The smallest absolute Gasteiger partial charge is 0.165 e. The molecule has 1 aromatic rings. The number of nitrogens with zero attached hydrogens (tertiary/aromatic N) is 1. The summed E-state index contributed by atoms with van der Waals surface area (Å²) in [5.74, 6) is 1.80. The number of aromatic hydroxyl groups is 1. The van der Waals surface area contributed by atoms with Gasteiger partial charge < -0.3 is 19.7 Å². The van der Waals surface area contributed by atoms with Gasteiger partial charge in [0.1, 0.15) is 11.7 Å². The second-order valence-electron chi connectivity index (χ2n) is 13.8. The van der Waals surface area contributed by atoms with Crippen molar-refractivity contribution in [3.05, 3.63) is 23.3 Å². The molecule has 2 spiro atoms. The van der Waals surface area contributed by atoms with E-state index < -0.39 is 11.2 Å². The van der Waals surface area contributed by atoms with Crippen molar-refractivity contribution in [1.29, 1.82) is 0 Å². The molecule has 0 amide bonds. The summed E-state index contributed by atoms with van der Waals surface area (Å²) in [5.41, 5.74) is 0.783. The van der Waals surface area contributed by atoms with Crippen LogP contribution < -0.4 is 4.74 Å². The van der Waals surface area contributed by atoms with Crippen LogP contribution in [-0.4, -0.2) is 58.7 Å². The van der Waals surface area contributed by atoms with Crippen molar-refractivity contribution in [2.75, 3.05) is 20.2 Å². The summed E-state index contributed by atoms with van der Waals surface area (Å²) < 4.78 is 13.5. The Hall–Kier alpha value is -1.30. The topological polar surface area (TPSA) is 62.2 Å². The Kier molecular flexibility index (Phi) is 4.08. The minimum atomic E-state index is -0.909. The summed E-state index contributed by atoms with van der Waals surface area (Å²) >= 11 is 0. The summed E-state index contributed by atoms with van der Waals surface area (Å²) in [6, 6.07) is 4.46. The number of aliphatic hydroxyl groups is 1. The highest BCUT2D eigenvalue weighted by Crippen LogP contribution is 2.78. The normalized spacial score (nSPS) is 43.9. The average Bonchev–Trinajstić information content (AvgIpc) is 3.53. The maximum absolute atomic E-state index is 12.2. The van der Waals surface area contributed by atoms with E-state index in [9.17, 15) is 10.2 Å². The first kappa shape index (κ1) is 21.9. The molecule has 5 nitrogen and oxygen atoms in total. The minimum Gasteiger partial charge on any atom is -0.504 e. The maximum Gasteiger partial charge on any atom is 0.165 e. The molecule has 186 valence electrons. The van der Waals surface area contributed by atoms with E-state index in [-0.39, 0.29) is 34.0 Å². The number of rotatable bonds is 4. The van der Waals surface area contributed by atoms with Crippen LogP contribution in [0.25, 0.3) is 0 Å². The number of ether oxygens (including phenoxy) is 2. The number of phenolic OH excluding ortho intramolecular Hbond substituents is 1. The lowest BCUT2D eigenvalue weighted by molar-refractivity contribution is -0.312. The first-order valence-corrected chi connectivity index (χ1v) is 13.6. The van der Waals surface area contributed by atoms with Crippen molar-refractivity contribution in [3.63, 3.8) is 0 Å². The maximum atomic E-state index is 12.2. The molecule has 5 heteroatoms. The summed E-state index contributed by atoms with van der Waals surface area (Å²) in [7, 11) is 1.83. The van der Waals surface area contributed by atoms with Crippen LogP contribution in [0.15, 0.2) is 12.1 Å². The summed E-state index contributed by atoms with van der Waals surface area (Å²) in [5, 5.41) is 23.2. The molecule has 0 radical (unpaired) electrons. The molecule has 1 saturated heterocycles. The van der Waals surface area contributed by atoms with Crippen molar-refractivity contribution in [3.8, 4) is 11.5 Å². The number of phenols is 1. The Morgan fingerprint density at radius 2 is 1.91 bits per heavy atom. The standard InChI is InChI=1S/C29H41NO4/c1-25(2,3)26(4,32)20-15-27-10-11-29(20,33-5)24-28(27)12-13-30(16-17-6-7-17)21(27)14-18-8-9-19(31)23(34-24)22(18)28/h8-9,17,20-21,24,31-32H,6-7,10-16H2,1-5H3/t20-,21?,24?,26?,27+,28?,29+/m0/s1. The highest BCUT2D eigenvalue weighted by molar-refractivity contribution is 5.63. The van der Waals surface area contributed by atoms with Crippen LogP contribution in [0.3, 0.4) is 0 Å². The molecule has 7 atom stereocenters. The lowest BCUT2D eigenvalue weighted by Gasteiger charge is -2.75. The Labute approximate surface area is 203 Å². The second kappa shape index (κ2) is 6.33. The predicted octanol–water partition coefficient (Wildman–Crippen LogP) is 4.41. The number of likely N-dealkylation sites (tertiary alicyclic amines) is 1. The Bertz CT molecular complexity index is 1060. The van der Waals surface area contributed by atoms with Crippen LogP contribution in [0.1, 0.15) is 77.3 Å². The Morgan fingerprint density at radius 3 is 2.59 bits per heavy atom. The van der Waals surface area contributed by atoms with Crippen molar-refractivity contribution in [2.24, 2.45) is 22.7 Å². The van der Waals surface area contributed by atoms with E-state index in [4.69, 9.17) is 9.47 Å². The van der Waals surface area contributed by atoms with Gasteiger partial charge in [-0.1, -0.05) is 26.8 Å². The van der Waals surface area contributed by atoms with Crippen molar-refractivity contribution in [2.45, 2.75) is 101 Å². The predicted molar refractivity (Wildman–Crippen MR) is 130 cm³/mol. The molecular weight excluding hydrogens is 426 g/mol. The molecule has 2 heterocycles. The van der Waals surface area contributed by atoms with Crippen LogP contribution >= 0.6 is 0 Å². The van der Waals surface area contributed by atoms with Crippen LogP contribution in [0, 0.1) is 22.7 Å². The minimum absolute atomic E-state index is 0.0294. The van der Waals surface area contributed by atoms with Gasteiger partial charge in [0.05, 0.1) is 5.60 Å². The molecule has 7 aliphatic rings. The number of benzene rings is 1. The number of fused-ring (bicyclic) bond motifs is 2. The zero-order valence-electron chi connectivity index (χ0n) is 21.5. The van der Waals surface area contributed by atoms with Crippen LogP contribution in [0.4, 0.5) is 0 Å². The molecule has 2 aliphatic heterocycles. The molecule has 4 saturated carbocycles. The summed E-state index contributed by atoms with van der Waals surface area (Å²) in [6.45, 7) is 10.8. The van der Waals surface area contributed by atoms with Gasteiger partial charge in [-0.2, -0.15) is 0 Å². The zero-order chi connectivity index (χ0) is 23.9. The van der Waals surface area contributed by atoms with Gasteiger partial charge in [0, 0.05) is 42.0 Å². The first-order chi connectivity index (χ1) is 16.0. The fourth-order valence-electron chi connectivity index (χ4n) is 9.58. The second-order valence-corrected chi connectivity index (χ2v) is 13.8. The average molecular weight is 468 g/mol. The summed E-state index contributed by atoms with van der Waals surface area (Å²) in [6.07, 6.45) is 7.64. The number of hydrogen-bond acceptors (Lipinski definition) is 5. The molecule has 4 bridgehead atoms. The van der Waals surface area contributed by atoms with Crippen LogP contribution in [0.5, 0.6) is 11.5 Å². The number of methoxy groups -OCH3 is 1. The van der Waals surface area contributed by atoms with Crippen molar-refractivity contribution < 1.29 is 19.7 Å². The lowest BCUT2D eigenvalue weighted by atomic mass is 9.33. The molecule has 0 aromatic heterocycles. The van der Waals surface area contributed by atoms with E-state index in [1.807, 2.05) is 20.1 Å². The number of piperidine rings is 1. The summed E-state index contributed by atoms with van der Waals surface area (Å²) in [4.78, 5) is 2.82. The van der Waals surface area contributed by atoms with Crippen LogP contribution in [-0.2, 0) is 16.6 Å². The third kappa shape index (κ3) is 2.25. The third-order valence-electron chi connectivity index (χ3n) is 11.9. The van der Waals surface area contributed by atoms with E-state index in [0.717, 1.165) is 44.6 Å². The van der Waals surface area contributed by atoms with Gasteiger partial charge in [-0.15, -0.1) is 0 Å². The van der Waals surface area contributed by atoms with Crippen LogP contribution in [0.2, 0.25) is 0 Å². The van der Waals surface area contributed by atoms with Gasteiger partial charge in [-0.3, -0.25) is 4.90 Å². The third-order valence-corrected chi connectivity index (χ3v) is 11.9. The zero-order valence-corrected chi connectivity index (χ0v) is 21.5. The van der Waals surface area contributed by atoms with Gasteiger partial charge >= 0.3 is 0 Å². The molecule has 1 aromatic carbocycles. The van der Waals surface area contributed by atoms with Gasteiger partial charge in [0.2, 0.25) is 0 Å². The van der Waals surface area contributed by atoms with E-state index in [2.05, 4.69) is 31.7 Å². The lowest BCUT2D eigenvalue weighted by Crippen LogP contribution is -2.83. The van der Waals surface area contributed by atoms with Gasteiger partial charge in [0.15, 0.2) is 11.5 Å². The van der Waals surface area contributed by atoms with Gasteiger partial charge in [-0.25, -0.2) is 0 Å². The van der Waals surface area contributed by atoms with Gasteiger partial charge in [-0.05, 0) is 81.4 Å². The fraction of sp³-hybridized carbons (Fsp3) is 0.793. The highest BCUT2D eigenvalue weighted by Gasteiger charge is 2.82. The first-order valence-electron chi connectivity index (χ1n) is 13.6. The largest absolute Gasteiger partial charge is 0.504 e. The quantitative estimate of drug-likeness (QED) is 0.687. The SMILES string of the molecule is CO[C@]12CC[C@@]3(C[C@H]1C(C)(O)C(C)(C)C)C1Cc4ccc(O)c5c4C3(CCN1CC1CC1)C2O5. The van der Waals surface area contributed by atoms with E-state index >= 15 is 0 Å². The Balaban J connectivity index is 1.47. The molecule has 5 fully saturated rings. The van der Waals surface area contributed by atoms with E-state index in [0.29, 0.717) is 11.8 Å². The number of hydrogen-bond donors (Lipinski definition) is 2. The molecule has 34 heavy (non-hydrogen) atoms. The molecule has 2 N–H and O–H groups in total. The van der Waals surface area contributed by atoms with Crippen molar-refractivity contribution in [1.82, 2.24) is 4.90 Å². The van der Waals surface area contributed by atoms with Crippen molar-refractivity contribution >= 4 is 0 Å². The molecule has 8 rings (SSSR count). The Morgan fingerprint density at radius 1 is 1.15 bits per heavy atom. The highest BCUT2D eigenvalue weighted by atomic mass is 16.6. The molecule has 5 aliphatic carbocycles. The molecular formula is C29H41NO4. The van der Waals surface area contributed by atoms with E-state index in [1.165, 1.54) is 30.5 Å².